The van der Waals surface area contributed by atoms with Crippen LogP contribution in [-0.2, 0) is 21.7 Å². The third kappa shape index (κ3) is 5.80. The molecule has 5 aromatic heterocycles. The second-order valence-corrected chi connectivity index (χ2v) is 25.0. The monoisotopic (exact) mass is 886 g/mol. The van der Waals surface area contributed by atoms with Gasteiger partial charge in [-0.2, -0.15) is 0 Å². The van der Waals surface area contributed by atoms with Gasteiger partial charge in [0.1, 0.15) is 0 Å². The number of nitrogens with zero attached hydrogens (tertiary/aromatic N) is 2. The average Bonchev–Trinajstić information content (AvgIpc) is 4.07. The van der Waals surface area contributed by atoms with Crippen molar-refractivity contribution in [3.05, 3.63) is 156 Å². The normalized spacial score (nSPS) is 13.7. The summed E-state index contributed by atoms with van der Waals surface area (Å²) in [6.07, 6.45) is 0. The molecule has 0 radical (unpaired) electrons. The Kier molecular flexibility index (Phi) is 8.03. The van der Waals surface area contributed by atoms with Gasteiger partial charge in [-0.1, -0.05) is 168 Å². The fourth-order valence-electron chi connectivity index (χ4n) is 11.5. The van der Waals surface area contributed by atoms with Crippen molar-refractivity contribution in [1.29, 1.82) is 0 Å². The Morgan fingerprint density at radius 3 is 1.28 bits per heavy atom. The zero-order valence-electron chi connectivity index (χ0n) is 41.0. The Hall–Kier alpha value is -6.42. The van der Waals surface area contributed by atoms with Gasteiger partial charge in [0.25, 0.3) is 0 Å². The smallest absolute Gasteiger partial charge is 0.0627 e. The summed E-state index contributed by atoms with van der Waals surface area (Å²) in [7, 11) is 0. The maximum absolute atomic E-state index is 2.60. The van der Waals surface area contributed by atoms with Gasteiger partial charge in [0.2, 0.25) is 0 Å². The van der Waals surface area contributed by atoms with Crippen LogP contribution >= 0.6 is 11.3 Å². The first-order valence-corrected chi connectivity index (χ1v) is 25.1. The van der Waals surface area contributed by atoms with E-state index in [0.29, 0.717) is 0 Å². The quantitative estimate of drug-likeness (QED) is 0.164. The number of para-hydroxylation sites is 1. The summed E-state index contributed by atoms with van der Waals surface area (Å²) in [5, 5.41) is 13.3. The summed E-state index contributed by atoms with van der Waals surface area (Å²) in [6, 6.07) is 52.6. The lowest BCUT2D eigenvalue weighted by Gasteiger charge is -2.26. The van der Waals surface area contributed by atoms with Gasteiger partial charge < -0.3 is 8.80 Å². The number of benzene rings is 8. The largest absolute Gasteiger partial charge is 0.308 e. The molecule has 0 saturated carbocycles. The molecule has 0 aliphatic carbocycles. The van der Waals surface area contributed by atoms with E-state index < -0.39 is 0 Å². The standard InChI is InChI=1S/C64H58N2S/c1-61(2,3)39-24-37(25-40(30-39)62(4,5)6)35-20-22-51-46(28-35)43-17-15-18-44-47-32-54-48(33-53(47)65(51)59(43)44)49-34-56-57(45-16-13-14-19-55(45)67-56)58-50-29-36(21-23-52(50)66(54)60(49)58)38-26-41(63(7,8)9)31-42(27-38)64(10,11)12/h13-34H,1-12H3. The fraction of sp³-hybridized carbons (Fsp3) is 0.250. The number of thiophene rings is 1. The average molecular weight is 887 g/mol. The summed E-state index contributed by atoms with van der Waals surface area (Å²) in [5.74, 6) is 0. The molecule has 0 unspecified atom stereocenters. The van der Waals surface area contributed by atoms with Crippen LogP contribution in [0.3, 0.4) is 0 Å². The molecule has 0 fully saturated rings. The third-order valence-corrected chi connectivity index (χ3v) is 16.4. The maximum atomic E-state index is 2.60. The summed E-state index contributed by atoms with van der Waals surface area (Å²) >= 11 is 1.93. The van der Waals surface area contributed by atoms with E-state index in [0.717, 1.165) is 0 Å². The van der Waals surface area contributed by atoms with Gasteiger partial charge in [0.15, 0.2) is 0 Å². The minimum absolute atomic E-state index is 0.0349. The predicted octanol–water partition coefficient (Wildman–Crippen LogP) is 18.9. The van der Waals surface area contributed by atoms with E-state index in [1.807, 2.05) is 11.3 Å². The van der Waals surface area contributed by atoms with E-state index in [1.165, 1.54) is 141 Å². The summed E-state index contributed by atoms with van der Waals surface area (Å²) < 4.78 is 7.86. The number of hydrogen-bond donors (Lipinski definition) is 0. The van der Waals surface area contributed by atoms with Gasteiger partial charge in [-0.15, -0.1) is 11.3 Å². The van der Waals surface area contributed by atoms with Gasteiger partial charge in [-0.25, -0.2) is 0 Å². The molecule has 330 valence electrons. The van der Waals surface area contributed by atoms with Crippen molar-refractivity contribution < 1.29 is 0 Å². The van der Waals surface area contributed by atoms with E-state index in [4.69, 9.17) is 0 Å². The van der Waals surface area contributed by atoms with E-state index >= 15 is 0 Å². The second-order valence-electron chi connectivity index (χ2n) is 23.9. The molecule has 0 amide bonds. The first-order chi connectivity index (χ1) is 31.7. The fourth-order valence-corrected chi connectivity index (χ4v) is 12.6. The zero-order valence-corrected chi connectivity index (χ0v) is 41.8. The van der Waals surface area contributed by atoms with Crippen LogP contribution in [0.1, 0.15) is 105 Å². The molecule has 0 atom stereocenters. The summed E-state index contributed by atoms with van der Waals surface area (Å²) in [5.41, 5.74) is 18.5. The Bertz CT molecular complexity index is 4170. The molecule has 13 rings (SSSR count). The molecule has 0 bridgehead atoms. The van der Waals surface area contributed by atoms with Gasteiger partial charge in [0.05, 0.1) is 33.1 Å². The van der Waals surface area contributed by atoms with Gasteiger partial charge >= 0.3 is 0 Å². The molecular weight excluding hydrogens is 829 g/mol. The Morgan fingerprint density at radius 1 is 0.299 bits per heavy atom. The molecular formula is C64H58N2S. The molecule has 0 aliphatic rings. The van der Waals surface area contributed by atoms with Crippen LogP contribution in [0.5, 0.6) is 0 Å². The van der Waals surface area contributed by atoms with Crippen molar-refractivity contribution >= 4 is 108 Å². The van der Waals surface area contributed by atoms with Crippen LogP contribution in [0.2, 0.25) is 0 Å². The number of hydrogen-bond acceptors (Lipinski definition) is 1. The van der Waals surface area contributed by atoms with E-state index in [1.54, 1.807) is 0 Å². The highest BCUT2D eigenvalue weighted by Gasteiger charge is 2.27. The van der Waals surface area contributed by atoms with Crippen molar-refractivity contribution in [2.24, 2.45) is 0 Å². The summed E-state index contributed by atoms with van der Waals surface area (Å²) in [6.45, 7) is 28.0. The van der Waals surface area contributed by atoms with Gasteiger partial charge in [-0.05, 0) is 115 Å². The predicted molar refractivity (Wildman–Crippen MR) is 294 cm³/mol. The third-order valence-electron chi connectivity index (χ3n) is 15.3. The Balaban J connectivity index is 1.09. The molecule has 0 spiro atoms. The number of fused-ring (bicyclic) bond motifs is 16. The minimum atomic E-state index is 0.0349. The SMILES string of the molecule is CC(C)(C)c1cc(-c2ccc3c(c2)c2cccc4c5cc6c(cc5n3c24)c2cc3sc4ccccc4c3c3c4cc(-c5cc(C(C)(C)C)cc(C(C)(C)C)c5)ccc4n6c23)cc(C(C)(C)C)c1. The minimum Gasteiger partial charge on any atom is -0.308 e. The topological polar surface area (TPSA) is 8.82 Å². The second kappa shape index (κ2) is 13.2. The van der Waals surface area contributed by atoms with Crippen LogP contribution in [0.25, 0.3) is 119 Å². The van der Waals surface area contributed by atoms with Crippen molar-refractivity contribution in [2.45, 2.75) is 105 Å². The highest BCUT2D eigenvalue weighted by Crippen LogP contribution is 2.50. The summed E-state index contributed by atoms with van der Waals surface area (Å²) in [4.78, 5) is 0. The first-order valence-electron chi connectivity index (χ1n) is 24.2. The Morgan fingerprint density at radius 2 is 0.746 bits per heavy atom. The highest BCUT2D eigenvalue weighted by atomic mass is 32.1. The van der Waals surface area contributed by atoms with Crippen LogP contribution in [0.4, 0.5) is 0 Å². The van der Waals surface area contributed by atoms with E-state index in [9.17, 15) is 0 Å². The molecule has 0 saturated heterocycles. The van der Waals surface area contributed by atoms with Crippen LogP contribution in [0, 0.1) is 0 Å². The molecule has 3 heteroatoms. The molecule has 5 heterocycles. The van der Waals surface area contributed by atoms with Crippen LogP contribution in [0.15, 0.2) is 133 Å². The van der Waals surface area contributed by atoms with Crippen molar-refractivity contribution in [1.82, 2.24) is 8.80 Å². The van der Waals surface area contributed by atoms with Gasteiger partial charge in [-0.3, -0.25) is 0 Å². The molecule has 67 heavy (non-hydrogen) atoms. The lowest BCUT2D eigenvalue weighted by Crippen LogP contribution is -2.16. The molecule has 8 aromatic carbocycles. The van der Waals surface area contributed by atoms with Crippen LogP contribution < -0.4 is 0 Å². The van der Waals surface area contributed by atoms with E-state index in [-0.39, 0.29) is 21.7 Å². The molecule has 2 nitrogen and oxygen atoms in total. The van der Waals surface area contributed by atoms with Crippen LogP contribution in [-0.4, -0.2) is 8.80 Å². The van der Waals surface area contributed by atoms with Crippen molar-refractivity contribution in [3.63, 3.8) is 0 Å². The highest BCUT2D eigenvalue weighted by molar-refractivity contribution is 7.26. The number of aromatic nitrogens is 2. The van der Waals surface area contributed by atoms with E-state index in [2.05, 4.69) is 225 Å². The van der Waals surface area contributed by atoms with Gasteiger partial charge in [0, 0.05) is 63.3 Å². The lowest BCUT2D eigenvalue weighted by molar-refractivity contribution is 0.568. The van der Waals surface area contributed by atoms with Crippen molar-refractivity contribution in [2.75, 3.05) is 0 Å². The number of rotatable bonds is 2. The maximum Gasteiger partial charge on any atom is 0.0627 e. The Labute approximate surface area is 397 Å². The first kappa shape index (κ1) is 40.8. The molecule has 0 aliphatic heterocycles. The zero-order chi connectivity index (χ0) is 46.4. The van der Waals surface area contributed by atoms with Crippen molar-refractivity contribution in [3.8, 4) is 22.3 Å². The molecule has 13 aromatic rings. The molecule has 0 N–H and O–H groups in total. The lowest BCUT2D eigenvalue weighted by atomic mass is 9.79.